The van der Waals surface area contributed by atoms with Gasteiger partial charge in [-0.15, -0.1) is 10.2 Å². The van der Waals surface area contributed by atoms with E-state index >= 15 is 0 Å². The van der Waals surface area contributed by atoms with E-state index in [1.165, 1.54) is 23.9 Å². The van der Waals surface area contributed by atoms with Gasteiger partial charge in [-0.1, -0.05) is 47.1 Å². The SMILES string of the molecule is C/C(=N\NC(=O)CSc1nnc(-c2ccc(Cl)cc2)n1-c1ccc(Cl)cc1)c1ccc(F)cc1. The van der Waals surface area contributed by atoms with Crippen molar-refractivity contribution >= 4 is 46.6 Å². The summed E-state index contributed by atoms with van der Waals surface area (Å²) in [6.45, 7) is 1.73. The number of hydrazone groups is 1. The number of nitrogens with one attached hydrogen (secondary N) is 1. The highest BCUT2D eigenvalue weighted by atomic mass is 35.5. The Kier molecular flexibility index (Phi) is 7.62. The van der Waals surface area contributed by atoms with Crippen molar-refractivity contribution < 1.29 is 9.18 Å². The minimum Gasteiger partial charge on any atom is -0.272 e. The molecular formula is C24H18Cl2FN5OS. The van der Waals surface area contributed by atoms with Crippen molar-refractivity contribution in [1.82, 2.24) is 20.2 Å². The van der Waals surface area contributed by atoms with E-state index in [-0.39, 0.29) is 17.5 Å². The van der Waals surface area contributed by atoms with E-state index in [0.717, 1.165) is 11.3 Å². The molecule has 0 fully saturated rings. The monoisotopic (exact) mass is 513 g/mol. The van der Waals surface area contributed by atoms with Crippen LogP contribution in [0.15, 0.2) is 83.1 Å². The molecule has 1 N–H and O–H groups in total. The Morgan fingerprint density at radius 3 is 2.24 bits per heavy atom. The smallest absolute Gasteiger partial charge is 0.250 e. The fourth-order valence-corrected chi connectivity index (χ4v) is 4.03. The predicted molar refractivity (Wildman–Crippen MR) is 134 cm³/mol. The van der Waals surface area contributed by atoms with Crippen molar-refractivity contribution in [3.8, 4) is 17.1 Å². The Morgan fingerprint density at radius 2 is 1.59 bits per heavy atom. The van der Waals surface area contributed by atoms with Crippen LogP contribution in [0.4, 0.5) is 4.39 Å². The van der Waals surface area contributed by atoms with E-state index in [0.29, 0.717) is 32.3 Å². The molecule has 0 saturated carbocycles. The molecule has 1 amide bonds. The highest BCUT2D eigenvalue weighted by Crippen LogP contribution is 2.29. The lowest BCUT2D eigenvalue weighted by atomic mass is 10.1. The van der Waals surface area contributed by atoms with Gasteiger partial charge in [0.2, 0.25) is 0 Å². The lowest BCUT2D eigenvalue weighted by Crippen LogP contribution is -2.21. The third kappa shape index (κ3) is 5.83. The molecule has 0 atom stereocenters. The van der Waals surface area contributed by atoms with Crippen molar-refractivity contribution in [2.24, 2.45) is 5.10 Å². The molecule has 0 bridgehead atoms. The molecule has 172 valence electrons. The molecule has 0 spiro atoms. The van der Waals surface area contributed by atoms with Crippen LogP contribution in [0.25, 0.3) is 17.1 Å². The maximum atomic E-state index is 13.1. The largest absolute Gasteiger partial charge is 0.272 e. The maximum absolute atomic E-state index is 13.1. The Hall–Kier alpha value is -3.20. The van der Waals surface area contributed by atoms with Crippen LogP contribution in [0.5, 0.6) is 0 Å². The lowest BCUT2D eigenvalue weighted by molar-refractivity contribution is -0.118. The summed E-state index contributed by atoms with van der Waals surface area (Å²) in [7, 11) is 0. The molecule has 6 nitrogen and oxygen atoms in total. The number of halogens is 3. The standard InChI is InChI=1S/C24H18Cl2FN5OS/c1-15(16-4-10-20(27)11-5-16)28-29-22(33)14-34-24-31-30-23(17-2-6-18(25)7-3-17)32(24)21-12-8-19(26)9-13-21/h2-13H,14H2,1H3,(H,29,33)/b28-15+. The Balaban J connectivity index is 1.52. The number of rotatable bonds is 7. The quantitative estimate of drug-likeness (QED) is 0.186. The summed E-state index contributed by atoms with van der Waals surface area (Å²) in [6, 6.07) is 20.4. The van der Waals surface area contributed by atoms with Gasteiger partial charge < -0.3 is 0 Å². The van der Waals surface area contributed by atoms with E-state index in [9.17, 15) is 9.18 Å². The Morgan fingerprint density at radius 1 is 0.971 bits per heavy atom. The predicted octanol–water partition coefficient (Wildman–Crippen LogP) is 6.01. The first-order chi connectivity index (χ1) is 16.4. The summed E-state index contributed by atoms with van der Waals surface area (Å²) in [5.41, 5.74) is 5.42. The molecule has 0 radical (unpaired) electrons. The highest BCUT2D eigenvalue weighted by molar-refractivity contribution is 7.99. The molecule has 4 rings (SSSR count). The fourth-order valence-electron chi connectivity index (χ4n) is 3.04. The van der Waals surface area contributed by atoms with E-state index in [2.05, 4.69) is 20.7 Å². The van der Waals surface area contributed by atoms with Crippen LogP contribution in [-0.2, 0) is 4.79 Å². The second-order valence-electron chi connectivity index (χ2n) is 7.15. The molecule has 0 aliphatic heterocycles. The van der Waals surface area contributed by atoms with Crippen LogP contribution >= 0.6 is 35.0 Å². The number of carbonyl (C=O) groups is 1. The number of nitrogens with zero attached hydrogens (tertiary/aromatic N) is 4. The topological polar surface area (TPSA) is 72.2 Å². The van der Waals surface area contributed by atoms with Gasteiger partial charge in [-0.25, -0.2) is 9.82 Å². The first kappa shape index (κ1) is 23.9. The van der Waals surface area contributed by atoms with Crippen LogP contribution in [-0.4, -0.2) is 32.1 Å². The van der Waals surface area contributed by atoms with Crippen LogP contribution in [0.3, 0.4) is 0 Å². The average Bonchev–Trinajstić information content (AvgIpc) is 3.26. The van der Waals surface area contributed by atoms with Crippen LogP contribution < -0.4 is 5.43 Å². The molecule has 4 aromatic rings. The molecule has 10 heteroatoms. The molecule has 3 aromatic carbocycles. The van der Waals surface area contributed by atoms with Gasteiger partial charge in [0.25, 0.3) is 5.91 Å². The summed E-state index contributed by atoms with van der Waals surface area (Å²) < 4.78 is 14.9. The van der Waals surface area contributed by atoms with Gasteiger partial charge in [0.15, 0.2) is 11.0 Å². The zero-order valence-electron chi connectivity index (χ0n) is 17.9. The normalized spacial score (nSPS) is 11.5. The number of carbonyl (C=O) groups excluding carboxylic acids is 1. The minimum atomic E-state index is -0.334. The molecule has 0 saturated heterocycles. The second-order valence-corrected chi connectivity index (χ2v) is 8.97. The summed E-state index contributed by atoms with van der Waals surface area (Å²) in [5.74, 6) is 0.0176. The van der Waals surface area contributed by atoms with E-state index < -0.39 is 0 Å². The zero-order valence-corrected chi connectivity index (χ0v) is 20.2. The van der Waals surface area contributed by atoms with Crippen LogP contribution in [0.1, 0.15) is 12.5 Å². The van der Waals surface area contributed by atoms with Gasteiger partial charge in [0.1, 0.15) is 5.82 Å². The molecule has 0 unspecified atom stereocenters. The van der Waals surface area contributed by atoms with Crippen molar-refractivity contribution in [3.05, 3.63) is 94.2 Å². The summed E-state index contributed by atoms with van der Waals surface area (Å²) in [6.07, 6.45) is 0. The summed E-state index contributed by atoms with van der Waals surface area (Å²) in [5, 5.41) is 14.5. The number of thioether (sulfide) groups is 1. The first-order valence-electron chi connectivity index (χ1n) is 10.1. The van der Waals surface area contributed by atoms with Gasteiger partial charge in [0, 0.05) is 21.3 Å². The number of aromatic nitrogens is 3. The van der Waals surface area contributed by atoms with E-state index in [4.69, 9.17) is 23.2 Å². The zero-order chi connectivity index (χ0) is 24.1. The van der Waals surface area contributed by atoms with Crippen molar-refractivity contribution in [3.63, 3.8) is 0 Å². The number of amides is 1. The van der Waals surface area contributed by atoms with Gasteiger partial charge in [-0.2, -0.15) is 5.10 Å². The number of hydrogen-bond acceptors (Lipinski definition) is 5. The lowest BCUT2D eigenvalue weighted by Gasteiger charge is -2.10. The van der Waals surface area contributed by atoms with E-state index in [1.807, 2.05) is 28.8 Å². The van der Waals surface area contributed by atoms with Crippen molar-refractivity contribution in [2.75, 3.05) is 5.75 Å². The third-order valence-electron chi connectivity index (χ3n) is 4.76. The van der Waals surface area contributed by atoms with E-state index in [1.54, 1.807) is 43.3 Å². The highest BCUT2D eigenvalue weighted by Gasteiger charge is 2.17. The summed E-state index contributed by atoms with van der Waals surface area (Å²) in [4.78, 5) is 12.4. The van der Waals surface area contributed by atoms with Crippen molar-refractivity contribution in [1.29, 1.82) is 0 Å². The third-order valence-corrected chi connectivity index (χ3v) is 6.20. The second kappa shape index (κ2) is 10.8. The van der Waals surface area contributed by atoms with Gasteiger partial charge >= 0.3 is 0 Å². The molecule has 34 heavy (non-hydrogen) atoms. The average molecular weight is 514 g/mol. The minimum absolute atomic E-state index is 0.0620. The molecule has 1 aromatic heterocycles. The molecular weight excluding hydrogens is 496 g/mol. The molecule has 1 heterocycles. The Bertz CT molecular complexity index is 1320. The summed E-state index contributed by atoms with van der Waals surface area (Å²) >= 11 is 13.3. The molecule has 0 aliphatic rings. The van der Waals surface area contributed by atoms with Crippen molar-refractivity contribution in [2.45, 2.75) is 12.1 Å². The maximum Gasteiger partial charge on any atom is 0.250 e. The fraction of sp³-hybridized carbons (Fsp3) is 0.0833. The van der Waals surface area contributed by atoms with Crippen LogP contribution in [0.2, 0.25) is 10.0 Å². The van der Waals surface area contributed by atoms with Gasteiger partial charge in [-0.05, 0) is 73.2 Å². The Labute approximate surface area is 209 Å². The van der Waals surface area contributed by atoms with Gasteiger partial charge in [-0.3, -0.25) is 9.36 Å². The van der Waals surface area contributed by atoms with Gasteiger partial charge in [0.05, 0.1) is 11.5 Å². The number of hydrogen-bond donors (Lipinski definition) is 1. The first-order valence-corrected chi connectivity index (χ1v) is 11.8. The number of benzene rings is 3. The molecule has 0 aliphatic carbocycles. The van der Waals surface area contributed by atoms with Crippen LogP contribution in [0, 0.1) is 5.82 Å².